The molecule has 2 aromatic carbocycles. The minimum absolute atomic E-state index is 0.336. The summed E-state index contributed by atoms with van der Waals surface area (Å²) in [6.45, 7) is 3.50. The molecule has 6 heteroatoms. The number of halogens is 1. The van der Waals surface area contributed by atoms with Crippen LogP contribution in [0.4, 0.5) is 11.4 Å². The van der Waals surface area contributed by atoms with Gasteiger partial charge in [-0.25, -0.2) is 0 Å². The van der Waals surface area contributed by atoms with Crippen molar-refractivity contribution in [3.8, 4) is 0 Å². The molecule has 0 aromatic heterocycles. The van der Waals surface area contributed by atoms with Crippen molar-refractivity contribution < 1.29 is 9.59 Å². The van der Waals surface area contributed by atoms with Crippen molar-refractivity contribution in [2.45, 2.75) is 23.5 Å². The summed E-state index contributed by atoms with van der Waals surface area (Å²) in [6, 6.07) is 12.7. The van der Waals surface area contributed by atoms with Crippen molar-refractivity contribution in [2.24, 2.45) is 0 Å². The van der Waals surface area contributed by atoms with Gasteiger partial charge in [0.25, 0.3) is 0 Å². The number of anilines is 2. The van der Waals surface area contributed by atoms with Gasteiger partial charge in [-0.15, -0.1) is 0 Å². The van der Waals surface area contributed by atoms with E-state index in [4.69, 9.17) is 11.6 Å². The summed E-state index contributed by atoms with van der Waals surface area (Å²) < 4.78 is -1.24. The van der Waals surface area contributed by atoms with Gasteiger partial charge in [-0.2, -0.15) is 0 Å². The molecule has 0 spiro atoms. The topological polar surface area (TPSA) is 58.2 Å². The number of hydrogen-bond donors (Lipinski definition) is 2. The van der Waals surface area contributed by atoms with Crippen LogP contribution in [0, 0.1) is 6.92 Å². The third kappa shape index (κ3) is 2.94. The maximum atomic E-state index is 12.7. The molecule has 23 heavy (non-hydrogen) atoms. The second-order valence-electron chi connectivity index (χ2n) is 5.50. The van der Waals surface area contributed by atoms with Gasteiger partial charge >= 0.3 is 0 Å². The van der Waals surface area contributed by atoms with Crippen LogP contribution in [0.2, 0.25) is 5.02 Å². The predicted molar refractivity (Wildman–Crippen MR) is 94.2 cm³/mol. The Bertz CT molecular complexity index is 809. The predicted octanol–water partition coefficient (Wildman–Crippen LogP) is 4.09. The average molecular weight is 347 g/mol. The fourth-order valence-corrected chi connectivity index (χ4v) is 3.52. The lowest BCUT2D eigenvalue weighted by Gasteiger charge is -2.31. The molecule has 1 aliphatic rings. The highest BCUT2D eigenvalue weighted by Crippen LogP contribution is 2.42. The molecule has 0 bridgehead atoms. The van der Waals surface area contributed by atoms with E-state index in [0.717, 1.165) is 16.1 Å². The number of amides is 2. The van der Waals surface area contributed by atoms with E-state index in [9.17, 15) is 9.59 Å². The Kier molecular flexibility index (Phi) is 4.08. The van der Waals surface area contributed by atoms with Gasteiger partial charge in [0.1, 0.15) is 0 Å². The Morgan fingerprint density at radius 3 is 2.74 bits per heavy atom. The Morgan fingerprint density at radius 2 is 2.00 bits per heavy atom. The molecule has 0 saturated carbocycles. The van der Waals surface area contributed by atoms with Crippen LogP contribution in [0.5, 0.6) is 0 Å². The largest absolute Gasteiger partial charge is 0.324 e. The zero-order chi connectivity index (χ0) is 16.6. The number of fused-ring (bicyclic) bond motifs is 1. The first-order chi connectivity index (χ1) is 10.9. The third-order valence-electron chi connectivity index (χ3n) is 3.75. The highest BCUT2D eigenvalue weighted by Gasteiger charge is 2.45. The first-order valence-corrected chi connectivity index (χ1v) is 8.27. The molecule has 1 heterocycles. The Hall–Kier alpha value is -1.98. The second kappa shape index (κ2) is 5.91. The monoisotopic (exact) mass is 346 g/mol. The van der Waals surface area contributed by atoms with Crippen LogP contribution < -0.4 is 10.6 Å². The first-order valence-electron chi connectivity index (χ1n) is 7.07. The van der Waals surface area contributed by atoms with E-state index >= 15 is 0 Å². The number of aryl methyl sites for hydroxylation is 1. The van der Waals surface area contributed by atoms with Crippen LogP contribution in [0.3, 0.4) is 0 Å². The van der Waals surface area contributed by atoms with Gasteiger partial charge in [0, 0.05) is 15.6 Å². The summed E-state index contributed by atoms with van der Waals surface area (Å²) >= 11 is 7.32. The zero-order valence-electron chi connectivity index (χ0n) is 12.6. The van der Waals surface area contributed by atoms with E-state index in [0.29, 0.717) is 10.7 Å². The molecule has 118 valence electrons. The van der Waals surface area contributed by atoms with Crippen LogP contribution >= 0.6 is 23.4 Å². The van der Waals surface area contributed by atoms with Gasteiger partial charge in [0.05, 0.1) is 5.69 Å². The van der Waals surface area contributed by atoms with Crippen molar-refractivity contribution in [3.63, 3.8) is 0 Å². The van der Waals surface area contributed by atoms with Crippen molar-refractivity contribution in [1.29, 1.82) is 0 Å². The number of para-hydroxylation sites is 1. The molecule has 1 aliphatic heterocycles. The average Bonchev–Trinajstić information content (AvgIpc) is 2.52. The van der Waals surface area contributed by atoms with Gasteiger partial charge in [0.15, 0.2) is 4.75 Å². The minimum Gasteiger partial charge on any atom is -0.324 e. The molecular weight excluding hydrogens is 332 g/mol. The van der Waals surface area contributed by atoms with Gasteiger partial charge in [-0.05, 0) is 43.7 Å². The Labute approximate surface area is 143 Å². The molecule has 0 fully saturated rings. The second-order valence-corrected chi connectivity index (χ2v) is 7.37. The van der Waals surface area contributed by atoms with Crippen molar-refractivity contribution >= 4 is 46.6 Å². The third-order valence-corrected chi connectivity index (χ3v) is 5.51. The van der Waals surface area contributed by atoms with Crippen molar-refractivity contribution in [3.05, 3.63) is 53.1 Å². The lowest BCUT2D eigenvalue weighted by molar-refractivity contribution is -0.126. The number of hydrogen-bond acceptors (Lipinski definition) is 3. The number of rotatable bonds is 2. The van der Waals surface area contributed by atoms with Crippen LogP contribution in [0.15, 0.2) is 47.4 Å². The summed E-state index contributed by atoms with van der Waals surface area (Å²) in [5, 5.41) is 6.14. The number of thioether (sulfide) groups is 1. The first kappa shape index (κ1) is 15.9. The normalized spacial score (nSPS) is 19.7. The van der Waals surface area contributed by atoms with E-state index in [-0.39, 0.29) is 11.8 Å². The van der Waals surface area contributed by atoms with Crippen LogP contribution in [0.1, 0.15) is 12.5 Å². The van der Waals surface area contributed by atoms with Gasteiger partial charge in [-0.1, -0.05) is 41.6 Å². The summed E-state index contributed by atoms with van der Waals surface area (Å²) in [5.74, 6) is -0.716. The Morgan fingerprint density at radius 1 is 1.26 bits per heavy atom. The molecule has 3 rings (SSSR count). The highest BCUT2D eigenvalue weighted by atomic mass is 35.5. The summed E-state index contributed by atoms with van der Waals surface area (Å²) in [7, 11) is 0. The van der Waals surface area contributed by atoms with Gasteiger partial charge in [-0.3, -0.25) is 9.59 Å². The van der Waals surface area contributed by atoms with Crippen molar-refractivity contribution in [2.75, 3.05) is 10.6 Å². The van der Waals surface area contributed by atoms with E-state index in [1.54, 1.807) is 19.1 Å². The number of carbonyl (C=O) groups is 2. The van der Waals surface area contributed by atoms with Crippen LogP contribution in [-0.4, -0.2) is 16.6 Å². The molecule has 4 nitrogen and oxygen atoms in total. The molecule has 0 saturated heterocycles. The molecule has 2 aromatic rings. The van der Waals surface area contributed by atoms with E-state index < -0.39 is 4.75 Å². The summed E-state index contributed by atoms with van der Waals surface area (Å²) in [5.41, 5.74) is 2.22. The lowest BCUT2D eigenvalue weighted by Crippen LogP contribution is -2.49. The maximum absolute atomic E-state index is 12.7. The molecule has 0 aliphatic carbocycles. The standard InChI is InChI=1S/C17H15ClN2O2S/c1-10-7-8-11(9-12(10)18)19-15(21)17(2)16(22)20-13-5-3-4-6-14(13)23-17/h3-9H,1-2H3,(H,19,21)(H,20,22). The fraction of sp³-hybridized carbons (Fsp3) is 0.176. The van der Waals surface area contributed by atoms with Crippen LogP contribution in [-0.2, 0) is 9.59 Å². The van der Waals surface area contributed by atoms with E-state index in [1.165, 1.54) is 11.8 Å². The van der Waals surface area contributed by atoms with Crippen molar-refractivity contribution in [1.82, 2.24) is 0 Å². The molecule has 0 radical (unpaired) electrons. The fourth-order valence-electron chi connectivity index (χ4n) is 2.24. The maximum Gasteiger partial charge on any atom is 0.250 e. The minimum atomic E-state index is -1.24. The summed E-state index contributed by atoms with van der Waals surface area (Å²) in [4.78, 5) is 25.9. The van der Waals surface area contributed by atoms with E-state index in [1.807, 2.05) is 37.3 Å². The number of nitrogens with one attached hydrogen (secondary N) is 2. The quantitative estimate of drug-likeness (QED) is 0.805. The highest BCUT2D eigenvalue weighted by molar-refractivity contribution is 8.02. The van der Waals surface area contributed by atoms with Crippen LogP contribution in [0.25, 0.3) is 0 Å². The number of carbonyl (C=O) groups excluding carboxylic acids is 2. The molecule has 1 atom stereocenters. The lowest BCUT2D eigenvalue weighted by atomic mass is 10.1. The summed E-state index contributed by atoms with van der Waals surface area (Å²) in [6.07, 6.45) is 0. The zero-order valence-corrected chi connectivity index (χ0v) is 14.2. The van der Waals surface area contributed by atoms with E-state index in [2.05, 4.69) is 10.6 Å². The molecular formula is C17H15ClN2O2S. The van der Waals surface area contributed by atoms with Gasteiger partial charge in [0.2, 0.25) is 11.8 Å². The SMILES string of the molecule is Cc1ccc(NC(=O)C2(C)Sc3ccccc3NC2=O)cc1Cl. The molecule has 2 N–H and O–H groups in total. The molecule has 1 unspecified atom stereocenters. The number of benzene rings is 2. The van der Waals surface area contributed by atoms with Gasteiger partial charge < -0.3 is 10.6 Å². The smallest absolute Gasteiger partial charge is 0.250 e. The Balaban J connectivity index is 1.86. The molecule has 2 amide bonds.